The van der Waals surface area contributed by atoms with Crippen LogP contribution in [0.2, 0.25) is 0 Å². The summed E-state index contributed by atoms with van der Waals surface area (Å²) in [5.41, 5.74) is 2.57. The summed E-state index contributed by atoms with van der Waals surface area (Å²) in [6.07, 6.45) is 2.85. The summed E-state index contributed by atoms with van der Waals surface area (Å²) >= 11 is 0. The van der Waals surface area contributed by atoms with Gasteiger partial charge in [-0.15, -0.1) is 5.10 Å². The predicted octanol–water partition coefficient (Wildman–Crippen LogP) is 1.64. The van der Waals surface area contributed by atoms with Crippen LogP contribution in [0.25, 0.3) is 5.69 Å². The minimum absolute atomic E-state index is 0.643. The normalized spacial score (nSPS) is 10.2. The Balaban J connectivity index is 2.17. The zero-order valence-electron chi connectivity index (χ0n) is 10.3. The smallest absolute Gasteiger partial charge is 0.0991 e. The van der Waals surface area contributed by atoms with Gasteiger partial charge in [0, 0.05) is 6.54 Å². The molecule has 0 aliphatic rings. The van der Waals surface area contributed by atoms with Gasteiger partial charge in [0.25, 0.3) is 0 Å². The summed E-state index contributed by atoms with van der Waals surface area (Å²) < 4.78 is 1.78. The van der Waals surface area contributed by atoms with E-state index in [4.69, 9.17) is 5.26 Å². The van der Waals surface area contributed by atoms with E-state index >= 15 is 0 Å². The van der Waals surface area contributed by atoms with Gasteiger partial charge >= 0.3 is 0 Å². The number of benzene rings is 1. The van der Waals surface area contributed by atoms with Crippen LogP contribution in [-0.2, 0) is 6.54 Å². The molecule has 0 saturated heterocycles. The highest BCUT2D eigenvalue weighted by atomic mass is 15.4. The van der Waals surface area contributed by atoms with Crippen LogP contribution in [0.5, 0.6) is 0 Å². The zero-order valence-corrected chi connectivity index (χ0v) is 10.3. The largest absolute Gasteiger partial charge is 0.311 e. The van der Waals surface area contributed by atoms with E-state index in [0.29, 0.717) is 5.56 Å². The Bertz CT molecular complexity index is 535. The molecule has 1 aromatic carbocycles. The van der Waals surface area contributed by atoms with Crippen LogP contribution in [-0.4, -0.2) is 21.5 Å². The molecule has 2 rings (SSSR count). The fraction of sp³-hybridized carbons (Fsp3) is 0.308. The van der Waals surface area contributed by atoms with Crippen molar-refractivity contribution >= 4 is 0 Å². The number of rotatable bonds is 5. The molecule has 1 heterocycles. The highest BCUT2D eigenvalue weighted by molar-refractivity contribution is 5.39. The van der Waals surface area contributed by atoms with E-state index in [0.717, 1.165) is 30.9 Å². The average molecular weight is 241 g/mol. The third-order valence-corrected chi connectivity index (χ3v) is 2.59. The molecular weight excluding hydrogens is 226 g/mol. The molecule has 2 aromatic rings. The molecule has 0 radical (unpaired) electrons. The number of hydrogen-bond acceptors (Lipinski definition) is 4. The standard InChI is InChI=1S/C13H15N5/c1-2-7-15-9-13-10-16-17-18(13)12-5-3-11(8-14)4-6-12/h3-6,10,15H,2,7,9H2,1H3. The van der Waals surface area contributed by atoms with Crippen LogP contribution in [0.15, 0.2) is 30.5 Å². The first-order valence-corrected chi connectivity index (χ1v) is 5.96. The molecule has 0 aliphatic heterocycles. The van der Waals surface area contributed by atoms with Gasteiger partial charge in [0.1, 0.15) is 0 Å². The summed E-state index contributed by atoms with van der Waals surface area (Å²) in [6, 6.07) is 9.40. The van der Waals surface area contributed by atoms with E-state index in [9.17, 15) is 0 Å². The molecule has 0 saturated carbocycles. The molecule has 18 heavy (non-hydrogen) atoms. The molecule has 1 aromatic heterocycles. The topological polar surface area (TPSA) is 66.5 Å². The molecule has 0 bridgehead atoms. The average Bonchev–Trinajstić information content (AvgIpc) is 2.88. The first-order valence-electron chi connectivity index (χ1n) is 5.96. The van der Waals surface area contributed by atoms with Crippen LogP contribution in [0, 0.1) is 11.3 Å². The number of nitriles is 1. The maximum atomic E-state index is 8.76. The van der Waals surface area contributed by atoms with Gasteiger partial charge in [-0.1, -0.05) is 12.1 Å². The van der Waals surface area contributed by atoms with Crippen LogP contribution in [0.4, 0.5) is 0 Å². The lowest BCUT2D eigenvalue weighted by Gasteiger charge is -2.06. The summed E-state index contributed by atoms with van der Waals surface area (Å²) in [6.45, 7) is 3.84. The highest BCUT2D eigenvalue weighted by Gasteiger charge is 2.05. The first kappa shape index (κ1) is 12.3. The van der Waals surface area contributed by atoms with Crippen molar-refractivity contribution in [3.8, 4) is 11.8 Å². The second kappa shape index (κ2) is 5.94. The molecule has 1 N–H and O–H groups in total. The SMILES string of the molecule is CCCNCc1cnnn1-c1ccc(C#N)cc1. The maximum absolute atomic E-state index is 8.76. The van der Waals surface area contributed by atoms with E-state index in [1.807, 2.05) is 12.1 Å². The van der Waals surface area contributed by atoms with Crippen molar-refractivity contribution in [2.24, 2.45) is 0 Å². The minimum Gasteiger partial charge on any atom is -0.311 e. The Morgan fingerprint density at radius 2 is 2.11 bits per heavy atom. The highest BCUT2D eigenvalue weighted by Crippen LogP contribution is 2.10. The van der Waals surface area contributed by atoms with Crippen molar-refractivity contribution in [1.29, 1.82) is 5.26 Å². The monoisotopic (exact) mass is 241 g/mol. The molecule has 5 heteroatoms. The Labute approximate surface area is 106 Å². The third kappa shape index (κ3) is 2.73. The fourth-order valence-electron chi connectivity index (χ4n) is 1.66. The van der Waals surface area contributed by atoms with Gasteiger partial charge < -0.3 is 5.32 Å². The zero-order chi connectivity index (χ0) is 12.8. The van der Waals surface area contributed by atoms with E-state index in [2.05, 4.69) is 28.6 Å². The Morgan fingerprint density at radius 1 is 1.33 bits per heavy atom. The van der Waals surface area contributed by atoms with Crippen molar-refractivity contribution < 1.29 is 0 Å². The molecule has 0 unspecified atom stereocenters. The van der Waals surface area contributed by atoms with Gasteiger partial charge in [-0.3, -0.25) is 0 Å². The van der Waals surface area contributed by atoms with Gasteiger partial charge in [0.05, 0.1) is 29.2 Å². The lowest BCUT2D eigenvalue weighted by molar-refractivity contribution is 0.641. The lowest BCUT2D eigenvalue weighted by atomic mass is 10.2. The number of aromatic nitrogens is 3. The van der Waals surface area contributed by atoms with E-state index in [1.54, 1.807) is 23.0 Å². The molecule has 92 valence electrons. The van der Waals surface area contributed by atoms with E-state index < -0.39 is 0 Å². The Morgan fingerprint density at radius 3 is 2.78 bits per heavy atom. The van der Waals surface area contributed by atoms with Gasteiger partial charge in [-0.05, 0) is 37.2 Å². The van der Waals surface area contributed by atoms with Crippen LogP contribution >= 0.6 is 0 Å². The Kier molecular flexibility index (Phi) is 4.05. The first-order chi connectivity index (χ1) is 8.85. The Hall–Kier alpha value is -2.19. The van der Waals surface area contributed by atoms with Crippen molar-refractivity contribution in [2.75, 3.05) is 6.54 Å². The van der Waals surface area contributed by atoms with Crippen LogP contribution < -0.4 is 5.32 Å². The summed E-state index contributed by atoms with van der Waals surface area (Å²) in [4.78, 5) is 0. The predicted molar refractivity (Wildman–Crippen MR) is 68.1 cm³/mol. The number of nitrogens with one attached hydrogen (secondary N) is 1. The van der Waals surface area contributed by atoms with Crippen molar-refractivity contribution in [3.63, 3.8) is 0 Å². The fourth-order valence-corrected chi connectivity index (χ4v) is 1.66. The number of hydrogen-bond donors (Lipinski definition) is 1. The molecule has 0 spiro atoms. The van der Waals surface area contributed by atoms with Gasteiger partial charge in [0.2, 0.25) is 0 Å². The van der Waals surface area contributed by atoms with Crippen LogP contribution in [0.3, 0.4) is 0 Å². The van der Waals surface area contributed by atoms with E-state index in [1.165, 1.54) is 0 Å². The second-order valence-corrected chi connectivity index (χ2v) is 3.97. The summed E-state index contributed by atoms with van der Waals surface area (Å²) in [5.74, 6) is 0. The molecule has 0 atom stereocenters. The molecular formula is C13H15N5. The molecule has 5 nitrogen and oxygen atoms in total. The van der Waals surface area contributed by atoms with Gasteiger partial charge in [0.15, 0.2) is 0 Å². The maximum Gasteiger partial charge on any atom is 0.0991 e. The van der Waals surface area contributed by atoms with Crippen molar-refractivity contribution in [2.45, 2.75) is 19.9 Å². The summed E-state index contributed by atoms with van der Waals surface area (Å²) in [7, 11) is 0. The minimum atomic E-state index is 0.643. The van der Waals surface area contributed by atoms with Crippen molar-refractivity contribution in [1.82, 2.24) is 20.3 Å². The van der Waals surface area contributed by atoms with Crippen LogP contribution in [0.1, 0.15) is 24.6 Å². The number of nitrogens with zero attached hydrogens (tertiary/aromatic N) is 4. The lowest BCUT2D eigenvalue weighted by Crippen LogP contribution is -2.16. The van der Waals surface area contributed by atoms with Gasteiger partial charge in [-0.25, -0.2) is 4.68 Å². The van der Waals surface area contributed by atoms with Gasteiger partial charge in [-0.2, -0.15) is 5.26 Å². The summed E-state index contributed by atoms with van der Waals surface area (Å²) in [5, 5.41) is 20.1. The van der Waals surface area contributed by atoms with E-state index in [-0.39, 0.29) is 0 Å². The quantitative estimate of drug-likeness (QED) is 0.808. The molecule has 0 fully saturated rings. The van der Waals surface area contributed by atoms with Crippen molar-refractivity contribution in [3.05, 3.63) is 41.7 Å². The molecule has 0 aliphatic carbocycles. The molecule has 0 amide bonds. The third-order valence-electron chi connectivity index (χ3n) is 2.59. The second-order valence-electron chi connectivity index (χ2n) is 3.97.